The molecule has 1 aliphatic heterocycles. The number of para-hydroxylation sites is 1. The summed E-state index contributed by atoms with van der Waals surface area (Å²) in [6.07, 6.45) is -9.21. The Hall–Kier alpha value is -3.15. The summed E-state index contributed by atoms with van der Waals surface area (Å²) >= 11 is 5.91. The Morgan fingerprint density at radius 3 is 2.34 bits per heavy atom. The molecule has 0 saturated carbocycles. The highest BCUT2D eigenvalue weighted by Gasteiger charge is 2.46. The van der Waals surface area contributed by atoms with Gasteiger partial charge in [-0.1, -0.05) is 29.8 Å². The van der Waals surface area contributed by atoms with E-state index >= 15 is 0 Å². The van der Waals surface area contributed by atoms with Crippen LogP contribution in [-0.2, 0) is 11.0 Å². The molecule has 2 aromatic carbocycles. The van der Waals surface area contributed by atoms with E-state index in [-0.39, 0.29) is 11.8 Å². The van der Waals surface area contributed by atoms with E-state index < -0.39 is 56.1 Å². The van der Waals surface area contributed by atoms with E-state index in [1.54, 1.807) is 6.07 Å². The van der Waals surface area contributed by atoms with Crippen LogP contribution in [0.1, 0.15) is 17.6 Å². The minimum Gasteiger partial charge on any atom is -0.422 e. The van der Waals surface area contributed by atoms with Crippen LogP contribution in [0.4, 0.5) is 27.6 Å². The highest BCUT2D eigenvalue weighted by Crippen LogP contribution is 2.39. The zero-order valence-corrected chi connectivity index (χ0v) is 14.5. The Kier molecular flexibility index (Phi) is 4.99. The third-order valence-electron chi connectivity index (χ3n) is 3.74. The van der Waals surface area contributed by atoms with Gasteiger partial charge >= 0.3 is 23.0 Å². The highest BCUT2D eigenvalue weighted by molar-refractivity contribution is 6.33. The Labute approximate surface area is 162 Å². The van der Waals surface area contributed by atoms with E-state index in [1.165, 1.54) is 24.3 Å². The summed E-state index contributed by atoms with van der Waals surface area (Å²) in [5, 5.41) is 6.75. The van der Waals surface area contributed by atoms with Crippen LogP contribution in [0.3, 0.4) is 0 Å². The lowest BCUT2D eigenvalue weighted by Crippen LogP contribution is -2.32. The second kappa shape index (κ2) is 7.03. The van der Waals surface area contributed by atoms with Gasteiger partial charge in [0, 0.05) is 0 Å². The number of ether oxygens (including phenoxy) is 1. The van der Waals surface area contributed by atoms with Crippen molar-refractivity contribution in [2.24, 2.45) is 9.98 Å². The third-order valence-corrected chi connectivity index (χ3v) is 4.06. The maximum atomic E-state index is 13.3. The zero-order chi connectivity index (χ0) is 21.6. The minimum atomic E-state index is -5.36. The molecule has 3 rings (SSSR count). The summed E-state index contributed by atoms with van der Waals surface area (Å²) in [5.41, 5.74) is -5.50. The van der Waals surface area contributed by atoms with Gasteiger partial charge in [-0.2, -0.15) is 13.2 Å². The van der Waals surface area contributed by atoms with Crippen LogP contribution in [-0.4, -0.2) is 16.0 Å². The number of benzene rings is 2. The Morgan fingerprint density at radius 2 is 1.83 bits per heavy atom. The largest absolute Gasteiger partial charge is 0.422 e. The van der Waals surface area contributed by atoms with E-state index in [4.69, 9.17) is 16.3 Å². The molecule has 1 unspecified atom stereocenters. The van der Waals surface area contributed by atoms with Crippen LogP contribution in [0.15, 0.2) is 46.4 Å². The van der Waals surface area contributed by atoms with E-state index in [2.05, 4.69) is 9.98 Å². The van der Waals surface area contributed by atoms with Gasteiger partial charge in [-0.05, 0) is 18.2 Å². The van der Waals surface area contributed by atoms with Crippen molar-refractivity contribution in [3.05, 3.63) is 68.4 Å². The van der Waals surface area contributed by atoms with E-state index in [9.17, 15) is 36.9 Å². The molecule has 0 aromatic heterocycles. The number of hydrogen-bond acceptors (Lipinski definition) is 6. The summed E-state index contributed by atoms with van der Waals surface area (Å²) in [6.45, 7) is 0. The van der Waals surface area contributed by atoms with Crippen molar-refractivity contribution in [3.8, 4) is 5.75 Å². The Bertz CT molecular complexity index is 1120. The summed E-state index contributed by atoms with van der Waals surface area (Å²) in [6, 6.07) is 7.42. The molecule has 7 nitrogen and oxygen atoms in total. The van der Waals surface area contributed by atoms with Crippen molar-refractivity contribution in [1.29, 1.82) is 0 Å². The quantitative estimate of drug-likeness (QED) is 0.140. The lowest BCUT2D eigenvalue weighted by molar-refractivity contribution is -0.387. The van der Waals surface area contributed by atoms with Gasteiger partial charge in [0.25, 0.3) is 6.43 Å². The summed E-state index contributed by atoms with van der Waals surface area (Å²) in [7, 11) is 0. The number of esters is 1. The monoisotopic (exact) mass is 435 g/mol. The number of carbonyl (C=O) groups is 1. The number of nitro groups is 1. The summed E-state index contributed by atoms with van der Waals surface area (Å²) < 4.78 is 71.1. The van der Waals surface area contributed by atoms with Crippen molar-refractivity contribution in [1.82, 2.24) is 0 Å². The average molecular weight is 436 g/mol. The SMILES string of the molecule is O=C(Oc1ccccc1)C1(Cl)N=c2cc(C(F)(F)F)c(C(F)F)c([N+](=O)[O-])c2=N1. The van der Waals surface area contributed by atoms with Crippen LogP contribution >= 0.6 is 11.6 Å². The molecule has 0 amide bonds. The molecule has 0 saturated heterocycles. The number of nitrogens with zero attached hydrogens (tertiary/aromatic N) is 3. The van der Waals surface area contributed by atoms with Crippen LogP contribution in [0.25, 0.3) is 0 Å². The first-order valence-electron chi connectivity index (χ1n) is 7.56. The molecule has 0 radical (unpaired) electrons. The molecule has 0 N–H and O–H groups in total. The maximum Gasteiger partial charge on any atom is 0.417 e. The fraction of sp³-hybridized carbons (Fsp3) is 0.188. The average Bonchev–Trinajstić information content (AvgIpc) is 2.97. The lowest BCUT2D eigenvalue weighted by atomic mass is 10.0. The molecular weight excluding hydrogens is 429 g/mol. The molecule has 1 atom stereocenters. The van der Waals surface area contributed by atoms with Crippen molar-refractivity contribution < 1.29 is 36.4 Å². The van der Waals surface area contributed by atoms with Gasteiger partial charge in [0.15, 0.2) is 5.36 Å². The molecule has 1 aliphatic rings. The van der Waals surface area contributed by atoms with Gasteiger partial charge in [0.05, 0.1) is 15.8 Å². The number of alkyl halides is 6. The number of fused-ring (bicyclic) bond motifs is 1. The number of rotatable bonds is 4. The molecule has 0 spiro atoms. The number of hydrogen-bond donors (Lipinski definition) is 0. The first-order valence-corrected chi connectivity index (χ1v) is 7.94. The predicted octanol–water partition coefficient (Wildman–Crippen LogP) is 3.30. The molecule has 29 heavy (non-hydrogen) atoms. The molecule has 0 bridgehead atoms. The smallest absolute Gasteiger partial charge is 0.417 e. The Balaban J connectivity index is 2.22. The van der Waals surface area contributed by atoms with Gasteiger partial charge in [-0.25, -0.2) is 23.6 Å². The van der Waals surface area contributed by atoms with Crippen molar-refractivity contribution in [2.75, 3.05) is 0 Å². The molecule has 0 aliphatic carbocycles. The highest BCUT2D eigenvalue weighted by atomic mass is 35.5. The van der Waals surface area contributed by atoms with Crippen molar-refractivity contribution in [2.45, 2.75) is 17.7 Å². The van der Waals surface area contributed by atoms with Crippen LogP contribution in [0.2, 0.25) is 0 Å². The first kappa shape index (κ1) is 20.6. The summed E-state index contributed by atoms with van der Waals surface area (Å²) in [4.78, 5) is 29.0. The normalized spacial score (nSPS) is 18.0. The topological polar surface area (TPSA) is 94.2 Å². The standard InChI is InChI=1S/C16H7ClF5N3O4/c17-15(14(26)29-7-4-2-1-3-5-7)23-9-6-8(16(20,21)22)10(13(18)19)12(25(27)28)11(9)24-15/h1-6,13H. The van der Waals surface area contributed by atoms with E-state index in [1.807, 2.05) is 0 Å². The number of nitro benzene ring substituents is 1. The molecular formula is C16H7ClF5N3O4. The maximum absolute atomic E-state index is 13.3. The number of halogens is 6. The first-order chi connectivity index (χ1) is 13.4. The van der Waals surface area contributed by atoms with Crippen LogP contribution < -0.4 is 15.5 Å². The van der Waals surface area contributed by atoms with Gasteiger partial charge < -0.3 is 4.74 Å². The van der Waals surface area contributed by atoms with Gasteiger partial charge in [-0.3, -0.25) is 10.1 Å². The number of carbonyl (C=O) groups excluding carboxylic acids is 1. The summed E-state index contributed by atoms with van der Waals surface area (Å²) in [5.74, 6) is -1.40. The molecule has 2 aromatic rings. The molecule has 1 heterocycles. The van der Waals surface area contributed by atoms with Crippen molar-refractivity contribution >= 4 is 23.3 Å². The molecule has 13 heteroatoms. The fourth-order valence-electron chi connectivity index (χ4n) is 2.58. The second-order valence-corrected chi connectivity index (χ2v) is 6.15. The van der Waals surface area contributed by atoms with E-state index in [0.29, 0.717) is 0 Å². The van der Waals surface area contributed by atoms with Gasteiger partial charge in [0.1, 0.15) is 11.3 Å². The van der Waals surface area contributed by atoms with Crippen LogP contribution in [0, 0.1) is 10.1 Å². The van der Waals surface area contributed by atoms with Crippen LogP contribution in [0.5, 0.6) is 5.75 Å². The fourth-order valence-corrected chi connectivity index (χ4v) is 2.79. The van der Waals surface area contributed by atoms with Gasteiger partial charge in [-0.15, -0.1) is 0 Å². The predicted molar refractivity (Wildman–Crippen MR) is 86.0 cm³/mol. The second-order valence-electron chi connectivity index (χ2n) is 5.62. The van der Waals surface area contributed by atoms with Crippen molar-refractivity contribution in [3.63, 3.8) is 0 Å². The minimum absolute atomic E-state index is 0.0161. The lowest BCUT2D eigenvalue weighted by Gasteiger charge is -2.12. The molecule has 0 fully saturated rings. The third kappa shape index (κ3) is 3.75. The van der Waals surface area contributed by atoms with Gasteiger partial charge in [0.2, 0.25) is 0 Å². The Morgan fingerprint density at radius 1 is 1.21 bits per heavy atom. The van der Waals surface area contributed by atoms with E-state index in [0.717, 1.165) is 0 Å². The molecule has 152 valence electrons. The zero-order valence-electron chi connectivity index (χ0n) is 13.8.